The third kappa shape index (κ3) is 5.31. The number of carboxylic acids is 1. The minimum absolute atomic E-state index is 1.68. The fraction of sp³-hybridized carbons (Fsp3) is 0.571. The van der Waals surface area contributed by atoms with Crippen LogP contribution >= 0.6 is 0 Å². The molecule has 0 spiro atoms. The molecule has 15 heavy (non-hydrogen) atoms. The summed E-state index contributed by atoms with van der Waals surface area (Å²) in [4.78, 5) is 9.86. The van der Waals surface area contributed by atoms with Gasteiger partial charge in [0.05, 0.1) is 0 Å². The van der Waals surface area contributed by atoms with Crippen LogP contribution in [0, 0.1) is 0 Å². The van der Waals surface area contributed by atoms with Gasteiger partial charge in [-0.25, -0.2) is 13.2 Å². The first-order valence-electron chi connectivity index (χ1n) is 3.53. The van der Waals surface area contributed by atoms with Crippen molar-refractivity contribution in [2.24, 2.45) is 0 Å². The lowest BCUT2D eigenvalue weighted by molar-refractivity contribution is -0.251. The topological polar surface area (TPSA) is 46.5 Å². The third-order valence-electron chi connectivity index (χ3n) is 1.19. The van der Waals surface area contributed by atoms with Crippen LogP contribution in [0.2, 0.25) is 0 Å². The minimum atomic E-state index is -4.54. The van der Waals surface area contributed by atoms with Crippen LogP contribution in [0.25, 0.3) is 0 Å². The van der Waals surface area contributed by atoms with Crippen molar-refractivity contribution in [1.29, 1.82) is 0 Å². The highest BCUT2D eigenvalue weighted by molar-refractivity contribution is 5.67. The Morgan fingerprint density at radius 1 is 1.33 bits per heavy atom. The summed E-state index contributed by atoms with van der Waals surface area (Å²) in [7, 11) is 0. The van der Waals surface area contributed by atoms with E-state index in [1.165, 1.54) is 0 Å². The van der Waals surface area contributed by atoms with Gasteiger partial charge in [-0.3, -0.25) is 4.79 Å². The van der Waals surface area contributed by atoms with Crippen LogP contribution in [0.3, 0.4) is 0 Å². The molecule has 0 heterocycles. The molecule has 88 valence electrons. The predicted octanol–water partition coefficient (Wildman–Crippen LogP) is 2.19. The summed E-state index contributed by atoms with van der Waals surface area (Å²) in [5.41, 5.74) is 0. The molecule has 0 radical (unpaired) electrons. The molecule has 0 unspecified atom stereocenters. The average Bonchev–Trinajstić information content (AvgIpc) is 1.98. The van der Waals surface area contributed by atoms with Crippen molar-refractivity contribution >= 4 is 5.97 Å². The molecule has 1 N–H and O–H groups in total. The molecule has 0 atom stereocenters. The highest BCUT2D eigenvalue weighted by Gasteiger charge is 2.41. The Morgan fingerprint density at radius 3 is 2.13 bits per heavy atom. The van der Waals surface area contributed by atoms with Gasteiger partial charge in [0.1, 0.15) is 13.0 Å². The maximum absolute atomic E-state index is 12.5. The zero-order valence-corrected chi connectivity index (χ0v) is 7.27. The maximum Gasteiger partial charge on any atom is 0.408 e. The molecule has 0 bridgehead atoms. The molecule has 0 fully saturated rings. The molecule has 0 aliphatic carbocycles. The quantitative estimate of drug-likeness (QED) is 0.716. The molecule has 0 rings (SSSR count). The highest BCUT2D eigenvalue weighted by Crippen LogP contribution is 2.28. The predicted molar refractivity (Wildman–Crippen MR) is 38.3 cm³/mol. The highest BCUT2D eigenvalue weighted by atomic mass is 19.3. The normalized spacial score (nSPS) is 12.6. The second kappa shape index (κ2) is 4.56. The Hall–Kier alpha value is -1.18. The van der Waals surface area contributed by atoms with E-state index >= 15 is 0 Å². The van der Waals surface area contributed by atoms with E-state index in [-0.39, 0.29) is 0 Å². The van der Waals surface area contributed by atoms with Crippen molar-refractivity contribution < 1.29 is 36.6 Å². The molecular formula is C7H7F5O3. The first-order chi connectivity index (χ1) is 6.57. The second-order valence-electron chi connectivity index (χ2n) is 2.64. The van der Waals surface area contributed by atoms with Gasteiger partial charge in [-0.1, -0.05) is 6.58 Å². The monoisotopic (exact) mass is 234 g/mol. The number of aliphatic carboxylic acids is 1. The smallest absolute Gasteiger partial charge is 0.408 e. The minimum Gasteiger partial charge on any atom is -0.481 e. The summed E-state index contributed by atoms with van der Waals surface area (Å²) in [6.45, 7) is 0.278. The van der Waals surface area contributed by atoms with E-state index < -0.39 is 36.9 Å². The van der Waals surface area contributed by atoms with Crippen LogP contribution in [0.5, 0.6) is 0 Å². The van der Waals surface area contributed by atoms with Gasteiger partial charge in [-0.15, -0.1) is 0 Å². The molecule has 0 saturated carbocycles. The Morgan fingerprint density at radius 2 is 1.80 bits per heavy atom. The van der Waals surface area contributed by atoms with Gasteiger partial charge in [-0.05, 0) is 0 Å². The summed E-state index contributed by atoms with van der Waals surface area (Å²) in [5, 5.41) is 7.97. The van der Waals surface area contributed by atoms with E-state index in [1.807, 2.05) is 0 Å². The van der Waals surface area contributed by atoms with E-state index in [0.29, 0.717) is 0 Å². The number of carboxylic acid groups (broad SMARTS) is 1. The zero-order valence-electron chi connectivity index (χ0n) is 7.27. The lowest BCUT2D eigenvalue weighted by atomic mass is 10.2. The third-order valence-corrected chi connectivity index (χ3v) is 1.19. The molecule has 0 saturated heterocycles. The molecule has 8 heteroatoms. The molecular weight excluding hydrogens is 227 g/mol. The Balaban J connectivity index is 4.25. The molecule has 0 aromatic carbocycles. The van der Waals surface area contributed by atoms with E-state index in [4.69, 9.17) is 5.11 Å². The van der Waals surface area contributed by atoms with Crippen molar-refractivity contribution in [2.75, 3.05) is 6.61 Å². The summed E-state index contributed by atoms with van der Waals surface area (Å²) < 4.78 is 64.5. The molecule has 0 aliphatic rings. The van der Waals surface area contributed by atoms with Crippen LogP contribution in [-0.4, -0.2) is 29.7 Å². The Bertz CT molecular complexity index is 263. The van der Waals surface area contributed by atoms with E-state index in [0.717, 1.165) is 0 Å². The standard InChI is InChI=1S/C7H7F5O3/c1-4(8)7(11,12)15-3-6(9,10)2-5(13)14/h1-3H2,(H,13,14). The molecule has 0 aromatic rings. The first kappa shape index (κ1) is 13.8. The van der Waals surface area contributed by atoms with Crippen LogP contribution in [0.1, 0.15) is 6.42 Å². The van der Waals surface area contributed by atoms with Crippen LogP contribution in [-0.2, 0) is 9.53 Å². The molecule has 0 amide bonds. The van der Waals surface area contributed by atoms with Crippen molar-refractivity contribution in [2.45, 2.75) is 18.5 Å². The van der Waals surface area contributed by atoms with Crippen molar-refractivity contribution in [3.05, 3.63) is 12.4 Å². The van der Waals surface area contributed by atoms with E-state index in [1.54, 1.807) is 0 Å². The van der Waals surface area contributed by atoms with E-state index in [2.05, 4.69) is 11.3 Å². The number of hydrogen-bond acceptors (Lipinski definition) is 2. The average molecular weight is 234 g/mol. The van der Waals surface area contributed by atoms with Gasteiger partial charge in [-0.2, -0.15) is 8.78 Å². The fourth-order valence-electron chi connectivity index (χ4n) is 0.547. The lowest BCUT2D eigenvalue weighted by Crippen LogP contribution is -2.33. The summed E-state index contributed by atoms with van der Waals surface area (Å²) in [5.74, 6) is -8.11. The van der Waals surface area contributed by atoms with Crippen molar-refractivity contribution in [3.63, 3.8) is 0 Å². The van der Waals surface area contributed by atoms with Gasteiger partial charge in [0, 0.05) is 0 Å². The number of hydrogen-bond donors (Lipinski definition) is 1. The number of alkyl halides is 4. The van der Waals surface area contributed by atoms with E-state index in [9.17, 15) is 26.7 Å². The molecule has 0 aromatic heterocycles. The Labute approximate surface area is 81.1 Å². The SMILES string of the molecule is C=C(F)C(F)(F)OCC(F)(F)CC(=O)O. The van der Waals surface area contributed by atoms with Gasteiger partial charge in [0.2, 0.25) is 0 Å². The first-order valence-corrected chi connectivity index (χ1v) is 3.53. The van der Waals surface area contributed by atoms with Gasteiger partial charge in [0.25, 0.3) is 5.92 Å². The summed E-state index contributed by atoms with van der Waals surface area (Å²) in [6.07, 6.45) is -6.22. The van der Waals surface area contributed by atoms with Gasteiger partial charge >= 0.3 is 12.1 Å². The number of ether oxygens (including phenoxy) is 1. The van der Waals surface area contributed by atoms with Crippen molar-refractivity contribution in [3.8, 4) is 0 Å². The molecule has 3 nitrogen and oxygen atoms in total. The van der Waals surface area contributed by atoms with Gasteiger partial charge in [0.15, 0.2) is 5.83 Å². The number of halogens is 5. The number of rotatable bonds is 6. The maximum atomic E-state index is 12.5. The van der Waals surface area contributed by atoms with Crippen LogP contribution in [0.4, 0.5) is 22.0 Å². The van der Waals surface area contributed by atoms with Crippen LogP contribution < -0.4 is 0 Å². The second-order valence-corrected chi connectivity index (χ2v) is 2.64. The van der Waals surface area contributed by atoms with Gasteiger partial charge < -0.3 is 9.84 Å². The summed E-state index contributed by atoms with van der Waals surface area (Å²) in [6, 6.07) is 0. The zero-order chi connectivity index (χ0) is 12.3. The van der Waals surface area contributed by atoms with Crippen molar-refractivity contribution in [1.82, 2.24) is 0 Å². The largest absolute Gasteiger partial charge is 0.481 e. The number of carbonyl (C=O) groups is 1. The Kier molecular flexibility index (Phi) is 4.20. The van der Waals surface area contributed by atoms with Crippen LogP contribution in [0.15, 0.2) is 12.4 Å². The summed E-state index contributed by atoms with van der Waals surface area (Å²) >= 11 is 0. The molecule has 0 aliphatic heterocycles. The lowest BCUT2D eigenvalue weighted by Gasteiger charge is -2.18. The fourth-order valence-corrected chi connectivity index (χ4v) is 0.547.